The Bertz CT molecular complexity index is 886. The molecule has 8 heteroatoms. The van der Waals surface area contributed by atoms with Crippen molar-refractivity contribution in [3.8, 4) is 0 Å². The second kappa shape index (κ2) is 8.98. The number of anilines is 4. The van der Waals surface area contributed by atoms with Crippen LogP contribution in [-0.4, -0.2) is 34.1 Å². The van der Waals surface area contributed by atoms with E-state index in [4.69, 9.17) is 5.11 Å². The van der Waals surface area contributed by atoms with E-state index in [1.807, 2.05) is 36.4 Å². The highest BCUT2D eigenvalue weighted by Crippen LogP contribution is 2.24. The number of nitrogens with one attached hydrogen (secondary N) is 3. The highest BCUT2D eigenvalue weighted by atomic mass is 35.5. The van der Waals surface area contributed by atoms with Gasteiger partial charge in [-0.3, -0.25) is 4.79 Å². The average Bonchev–Trinajstić information content (AvgIpc) is 2.61. The summed E-state index contributed by atoms with van der Waals surface area (Å²) in [5.74, 6) is 1.00. The molecule has 0 unspecified atom stereocenters. The number of aromatic nitrogens is 2. The summed E-state index contributed by atoms with van der Waals surface area (Å²) in [6.45, 7) is 1.90. The van der Waals surface area contributed by atoms with E-state index < -0.39 is 0 Å². The zero-order valence-electron chi connectivity index (χ0n) is 14.2. The molecule has 3 aromatic rings. The summed E-state index contributed by atoms with van der Waals surface area (Å²) in [6.07, 6.45) is 0. The van der Waals surface area contributed by atoms with Gasteiger partial charge in [-0.2, -0.15) is 4.98 Å². The highest BCUT2D eigenvalue weighted by Gasteiger charge is 2.07. The number of aliphatic hydroxyl groups excluding tert-OH is 1. The topological polar surface area (TPSA) is 99.2 Å². The van der Waals surface area contributed by atoms with Crippen molar-refractivity contribution in [1.82, 2.24) is 9.97 Å². The van der Waals surface area contributed by atoms with Crippen LogP contribution >= 0.6 is 12.4 Å². The highest BCUT2D eigenvalue weighted by molar-refractivity contribution is 5.90. The van der Waals surface area contributed by atoms with E-state index in [1.54, 1.807) is 12.1 Å². The Morgan fingerprint density at radius 2 is 1.73 bits per heavy atom. The van der Waals surface area contributed by atoms with E-state index in [-0.39, 0.29) is 24.9 Å². The molecule has 0 atom stereocenters. The third kappa shape index (κ3) is 4.81. The van der Waals surface area contributed by atoms with Gasteiger partial charge in [0.1, 0.15) is 5.82 Å². The number of amides is 1. The number of halogens is 1. The first kappa shape index (κ1) is 19.4. The standard InChI is InChI=1S/C18H19N5O2.ClH/c1-12(25)20-13-6-8-14(9-7-13)21-18-22-16-5-3-2-4-15(16)17(23-18)19-10-11-24;/h2-9,24H,10-11H2,1H3,(H,20,25)(H2,19,21,22,23);1H. The minimum atomic E-state index is -0.113. The lowest BCUT2D eigenvalue weighted by Crippen LogP contribution is -2.09. The van der Waals surface area contributed by atoms with E-state index in [1.165, 1.54) is 6.92 Å². The largest absolute Gasteiger partial charge is 0.395 e. The molecule has 1 heterocycles. The van der Waals surface area contributed by atoms with Crippen molar-refractivity contribution in [3.05, 3.63) is 48.5 Å². The Morgan fingerprint density at radius 1 is 1.04 bits per heavy atom. The molecule has 0 bridgehead atoms. The van der Waals surface area contributed by atoms with Crippen molar-refractivity contribution in [2.75, 3.05) is 29.1 Å². The Labute approximate surface area is 157 Å². The zero-order chi connectivity index (χ0) is 17.6. The van der Waals surface area contributed by atoms with Gasteiger partial charge in [0.15, 0.2) is 0 Å². The van der Waals surface area contributed by atoms with Gasteiger partial charge in [-0.15, -0.1) is 12.4 Å². The first-order valence-electron chi connectivity index (χ1n) is 7.92. The van der Waals surface area contributed by atoms with Crippen LogP contribution < -0.4 is 16.0 Å². The molecule has 1 amide bonds. The Morgan fingerprint density at radius 3 is 2.42 bits per heavy atom. The molecule has 0 radical (unpaired) electrons. The lowest BCUT2D eigenvalue weighted by atomic mass is 10.2. The lowest BCUT2D eigenvalue weighted by Gasteiger charge is -2.11. The van der Waals surface area contributed by atoms with E-state index >= 15 is 0 Å². The molecule has 0 aliphatic carbocycles. The van der Waals surface area contributed by atoms with Crippen molar-refractivity contribution < 1.29 is 9.90 Å². The zero-order valence-corrected chi connectivity index (χ0v) is 15.0. The Hall–Kier alpha value is -2.90. The van der Waals surface area contributed by atoms with Crippen LogP contribution in [0, 0.1) is 0 Å². The predicted octanol–water partition coefficient (Wildman–Crippen LogP) is 3.16. The van der Waals surface area contributed by atoms with Crippen LogP contribution in [0.15, 0.2) is 48.5 Å². The third-order valence-electron chi connectivity index (χ3n) is 3.47. The van der Waals surface area contributed by atoms with Gasteiger partial charge in [0.05, 0.1) is 12.1 Å². The molecule has 3 rings (SSSR count). The van der Waals surface area contributed by atoms with Crippen LogP contribution in [0.3, 0.4) is 0 Å². The summed E-state index contributed by atoms with van der Waals surface area (Å²) in [4.78, 5) is 20.1. The van der Waals surface area contributed by atoms with Crippen LogP contribution in [0.1, 0.15) is 6.92 Å². The molecule has 7 nitrogen and oxygen atoms in total. The summed E-state index contributed by atoms with van der Waals surface area (Å²) in [6, 6.07) is 15.0. The number of aliphatic hydroxyl groups is 1. The minimum Gasteiger partial charge on any atom is -0.395 e. The first-order chi connectivity index (χ1) is 12.2. The number of nitrogens with zero attached hydrogens (tertiary/aromatic N) is 2. The maximum absolute atomic E-state index is 11.1. The van der Waals surface area contributed by atoms with Crippen molar-refractivity contribution in [3.63, 3.8) is 0 Å². The van der Waals surface area contributed by atoms with Gasteiger partial charge < -0.3 is 21.1 Å². The number of carbonyl (C=O) groups is 1. The van der Waals surface area contributed by atoms with Gasteiger partial charge in [0, 0.05) is 30.2 Å². The van der Waals surface area contributed by atoms with Crippen molar-refractivity contribution in [2.24, 2.45) is 0 Å². The molecular weight excluding hydrogens is 354 g/mol. The maximum Gasteiger partial charge on any atom is 0.229 e. The van der Waals surface area contributed by atoms with Crippen molar-refractivity contribution in [2.45, 2.75) is 6.92 Å². The van der Waals surface area contributed by atoms with E-state index in [0.717, 1.165) is 22.3 Å². The molecule has 0 spiro atoms. The maximum atomic E-state index is 11.1. The van der Waals surface area contributed by atoms with Gasteiger partial charge in [-0.1, -0.05) is 12.1 Å². The molecule has 136 valence electrons. The number of carbonyl (C=O) groups excluding carboxylic acids is 1. The van der Waals surface area contributed by atoms with E-state index in [9.17, 15) is 4.79 Å². The van der Waals surface area contributed by atoms with Gasteiger partial charge in [-0.05, 0) is 36.4 Å². The van der Waals surface area contributed by atoms with Gasteiger partial charge >= 0.3 is 0 Å². The molecular formula is C18H20ClN5O2. The van der Waals surface area contributed by atoms with Gasteiger partial charge in [0.2, 0.25) is 11.9 Å². The quantitative estimate of drug-likeness (QED) is 0.529. The average molecular weight is 374 g/mol. The number of para-hydroxylation sites is 1. The smallest absolute Gasteiger partial charge is 0.229 e. The SMILES string of the molecule is CC(=O)Nc1ccc(Nc2nc(NCCO)c3ccccc3n2)cc1.Cl. The normalized spacial score (nSPS) is 10.1. The Balaban J connectivity index is 0.00000243. The second-order valence-electron chi connectivity index (χ2n) is 5.45. The van der Waals surface area contributed by atoms with Crippen LogP contribution in [-0.2, 0) is 4.79 Å². The molecule has 0 saturated carbocycles. The molecule has 0 aliphatic heterocycles. The van der Waals surface area contributed by atoms with Crippen LogP contribution in [0.4, 0.5) is 23.1 Å². The fraction of sp³-hybridized carbons (Fsp3) is 0.167. The van der Waals surface area contributed by atoms with E-state index in [2.05, 4.69) is 25.9 Å². The van der Waals surface area contributed by atoms with Crippen LogP contribution in [0.5, 0.6) is 0 Å². The van der Waals surface area contributed by atoms with Crippen LogP contribution in [0.2, 0.25) is 0 Å². The number of hydrogen-bond donors (Lipinski definition) is 4. The number of benzene rings is 2. The number of rotatable bonds is 6. The summed E-state index contributed by atoms with van der Waals surface area (Å²) in [5, 5.41) is 18.9. The Kier molecular flexibility index (Phi) is 6.71. The minimum absolute atomic E-state index is 0. The van der Waals surface area contributed by atoms with Gasteiger partial charge in [-0.25, -0.2) is 4.98 Å². The summed E-state index contributed by atoms with van der Waals surface area (Å²) < 4.78 is 0. The summed E-state index contributed by atoms with van der Waals surface area (Å²) in [5.41, 5.74) is 2.33. The molecule has 2 aromatic carbocycles. The molecule has 0 aliphatic rings. The molecule has 0 fully saturated rings. The predicted molar refractivity (Wildman–Crippen MR) is 106 cm³/mol. The molecule has 26 heavy (non-hydrogen) atoms. The fourth-order valence-corrected chi connectivity index (χ4v) is 2.41. The summed E-state index contributed by atoms with van der Waals surface area (Å²) >= 11 is 0. The fourth-order valence-electron chi connectivity index (χ4n) is 2.41. The molecule has 1 aromatic heterocycles. The van der Waals surface area contributed by atoms with Crippen LogP contribution in [0.25, 0.3) is 10.9 Å². The monoisotopic (exact) mass is 373 g/mol. The molecule has 0 saturated heterocycles. The third-order valence-corrected chi connectivity index (χ3v) is 3.47. The second-order valence-corrected chi connectivity index (χ2v) is 5.45. The van der Waals surface area contributed by atoms with Gasteiger partial charge in [0.25, 0.3) is 0 Å². The number of hydrogen-bond acceptors (Lipinski definition) is 6. The van der Waals surface area contributed by atoms with Crippen molar-refractivity contribution >= 4 is 52.4 Å². The lowest BCUT2D eigenvalue weighted by molar-refractivity contribution is -0.114. The molecule has 4 N–H and O–H groups in total. The first-order valence-corrected chi connectivity index (χ1v) is 7.92. The van der Waals surface area contributed by atoms with E-state index in [0.29, 0.717) is 18.3 Å². The number of fused-ring (bicyclic) bond motifs is 1. The summed E-state index contributed by atoms with van der Waals surface area (Å²) in [7, 11) is 0. The van der Waals surface area contributed by atoms with Crippen molar-refractivity contribution in [1.29, 1.82) is 0 Å².